The zero-order valence-corrected chi connectivity index (χ0v) is 11.3. The molecule has 0 aliphatic carbocycles. The third kappa shape index (κ3) is 2.76. The van der Waals surface area contributed by atoms with E-state index in [0.717, 1.165) is 16.6 Å². The molecule has 0 bridgehead atoms. The van der Waals surface area contributed by atoms with Crippen molar-refractivity contribution in [2.75, 3.05) is 26.1 Å². The number of hydrogen-bond donors (Lipinski definition) is 1. The van der Waals surface area contributed by atoms with Crippen LogP contribution in [0, 0.1) is 0 Å². The monoisotopic (exact) mass is 278 g/mol. The Kier molecular flexibility index (Phi) is 3.51. The van der Waals surface area contributed by atoms with Gasteiger partial charge in [-0.05, 0) is 18.2 Å². The van der Waals surface area contributed by atoms with Crippen molar-refractivity contribution in [2.24, 2.45) is 0 Å². The van der Waals surface area contributed by atoms with Gasteiger partial charge in [0.15, 0.2) is 9.84 Å². The summed E-state index contributed by atoms with van der Waals surface area (Å²) in [6, 6.07) is 3.62. The van der Waals surface area contributed by atoms with E-state index >= 15 is 0 Å². The van der Waals surface area contributed by atoms with Crippen molar-refractivity contribution < 1.29 is 16.8 Å². The van der Waals surface area contributed by atoms with Gasteiger partial charge in [-0.15, -0.1) is 0 Å². The number of benzene rings is 1. The molecule has 6 nitrogen and oxygen atoms in total. The summed E-state index contributed by atoms with van der Waals surface area (Å²) in [6.07, 6.45) is 1.00. The van der Waals surface area contributed by atoms with E-state index in [2.05, 4.69) is 0 Å². The Morgan fingerprint density at radius 1 is 1.12 bits per heavy atom. The Hall–Kier alpha value is -1.12. The fraction of sp³-hybridized carbons (Fsp3) is 0.333. The maximum Gasteiger partial charge on any atom is 0.244 e. The molecule has 1 rings (SSSR count). The highest BCUT2D eigenvalue weighted by Crippen LogP contribution is 2.24. The average molecular weight is 278 g/mol. The molecule has 0 heterocycles. The molecule has 0 aromatic heterocycles. The summed E-state index contributed by atoms with van der Waals surface area (Å²) in [5, 5.41) is 0. The van der Waals surface area contributed by atoms with Crippen LogP contribution >= 0.6 is 0 Å². The molecule has 0 aliphatic rings. The fourth-order valence-corrected chi connectivity index (χ4v) is 2.92. The molecule has 17 heavy (non-hydrogen) atoms. The lowest BCUT2D eigenvalue weighted by Crippen LogP contribution is -2.23. The first-order valence-corrected chi connectivity index (χ1v) is 7.92. The molecule has 96 valence electrons. The normalized spacial score (nSPS) is 12.9. The van der Waals surface area contributed by atoms with Crippen molar-refractivity contribution in [2.45, 2.75) is 9.79 Å². The minimum atomic E-state index is -3.75. The van der Waals surface area contributed by atoms with Crippen LogP contribution in [0.15, 0.2) is 28.0 Å². The van der Waals surface area contributed by atoms with Crippen LogP contribution in [0.1, 0.15) is 0 Å². The predicted molar refractivity (Wildman–Crippen MR) is 64.8 cm³/mol. The van der Waals surface area contributed by atoms with E-state index in [0.29, 0.717) is 0 Å². The maximum atomic E-state index is 11.9. The molecule has 0 aliphatic heterocycles. The molecule has 8 heteroatoms. The molecular weight excluding hydrogens is 264 g/mol. The topological polar surface area (TPSA) is 97.5 Å². The predicted octanol–water partition coefficient (Wildman–Crippen LogP) is -0.0774. The van der Waals surface area contributed by atoms with Crippen LogP contribution in [0.5, 0.6) is 0 Å². The second kappa shape index (κ2) is 4.28. The lowest BCUT2D eigenvalue weighted by Gasteiger charge is -2.14. The van der Waals surface area contributed by atoms with Gasteiger partial charge in [-0.25, -0.2) is 21.1 Å². The van der Waals surface area contributed by atoms with Crippen LogP contribution in [0.2, 0.25) is 0 Å². The maximum absolute atomic E-state index is 11.9. The first-order chi connectivity index (χ1) is 7.56. The minimum Gasteiger partial charge on any atom is -0.398 e. The van der Waals surface area contributed by atoms with Gasteiger partial charge in [0.05, 0.1) is 10.6 Å². The summed E-state index contributed by atoms with van der Waals surface area (Å²) in [5.74, 6) is 0. The lowest BCUT2D eigenvalue weighted by molar-refractivity contribution is 0.521. The van der Waals surface area contributed by atoms with Crippen LogP contribution in [-0.2, 0) is 19.9 Å². The molecule has 0 fully saturated rings. The van der Waals surface area contributed by atoms with E-state index < -0.39 is 19.9 Å². The van der Waals surface area contributed by atoms with Gasteiger partial charge in [0.2, 0.25) is 10.0 Å². The number of nitrogens with two attached hydrogens (primary N) is 1. The van der Waals surface area contributed by atoms with Crippen LogP contribution in [0.25, 0.3) is 0 Å². The Labute approximate surface area is 101 Å². The third-order valence-electron chi connectivity index (χ3n) is 2.17. The van der Waals surface area contributed by atoms with Crippen LogP contribution in [0.3, 0.4) is 0 Å². The number of anilines is 1. The highest BCUT2D eigenvalue weighted by atomic mass is 32.2. The molecule has 0 unspecified atom stereocenters. The zero-order chi connectivity index (χ0) is 13.4. The van der Waals surface area contributed by atoms with Gasteiger partial charge in [0.25, 0.3) is 0 Å². The Morgan fingerprint density at radius 2 is 1.65 bits per heavy atom. The summed E-state index contributed by atoms with van der Waals surface area (Å²) in [4.78, 5) is -0.280. The van der Waals surface area contributed by atoms with Gasteiger partial charge in [-0.3, -0.25) is 0 Å². The Balaban J connectivity index is 3.57. The molecule has 0 amide bonds. The second-order valence-corrected chi connectivity index (χ2v) is 7.90. The highest BCUT2D eigenvalue weighted by molar-refractivity contribution is 7.91. The van der Waals surface area contributed by atoms with Crippen LogP contribution in [0.4, 0.5) is 5.69 Å². The molecular formula is C9H14N2O4S2. The first-order valence-electron chi connectivity index (χ1n) is 4.59. The number of sulfonamides is 1. The Morgan fingerprint density at radius 3 is 2.06 bits per heavy atom. The van der Waals surface area contributed by atoms with Crippen molar-refractivity contribution in [3.05, 3.63) is 18.2 Å². The van der Waals surface area contributed by atoms with Crippen LogP contribution in [-0.4, -0.2) is 41.5 Å². The standard InChI is InChI=1S/C9H14N2O4S2/c1-11(2)17(14,15)9-6-7(16(3,12)13)4-5-8(9)10/h4-6H,10H2,1-3H3. The SMILES string of the molecule is CN(C)S(=O)(=O)c1cc(S(C)(=O)=O)ccc1N. The molecule has 0 saturated heterocycles. The molecule has 0 radical (unpaired) electrons. The fourth-order valence-electron chi connectivity index (χ4n) is 1.17. The second-order valence-electron chi connectivity index (χ2n) is 3.76. The molecule has 1 aromatic rings. The Bertz CT molecular complexity index is 633. The van der Waals surface area contributed by atoms with Crippen molar-refractivity contribution in [1.82, 2.24) is 4.31 Å². The minimum absolute atomic E-state index is 0.0195. The van der Waals surface area contributed by atoms with Gasteiger partial charge < -0.3 is 5.73 Å². The highest BCUT2D eigenvalue weighted by Gasteiger charge is 2.22. The van der Waals surface area contributed by atoms with Crippen molar-refractivity contribution in [3.8, 4) is 0 Å². The quantitative estimate of drug-likeness (QED) is 0.780. The van der Waals surface area contributed by atoms with Crippen molar-refractivity contribution >= 4 is 25.5 Å². The van der Waals surface area contributed by atoms with Crippen molar-refractivity contribution in [3.63, 3.8) is 0 Å². The number of nitrogens with zero attached hydrogens (tertiary/aromatic N) is 1. The van der Waals surface area contributed by atoms with E-state index in [1.54, 1.807) is 0 Å². The number of hydrogen-bond acceptors (Lipinski definition) is 5. The largest absolute Gasteiger partial charge is 0.398 e. The van der Waals surface area contributed by atoms with E-state index in [4.69, 9.17) is 5.73 Å². The van der Waals surface area contributed by atoms with Crippen LogP contribution < -0.4 is 5.73 Å². The number of sulfone groups is 1. The molecule has 0 atom stereocenters. The smallest absolute Gasteiger partial charge is 0.244 e. The first kappa shape index (κ1) is 13.9. The number of nitrogen functional groups attached to an aromatic ring is 1. The van der Waals surface area contributed by atoms with Gasteiger partial charge >= 0.3 is 0 Å². The lowest BCUT2D eigenvalue weighted by atomic mass is 10.3. The van der Waals surface area contributed by atoms with Gasteiger partial charge in [0, 0.05) is 20.4 Å². The van der Waals surface area contributed by atoms with E-state index in [1.807, 2.05) is 0 Å². The molecule has 1 aromatic carbocycles. The van der Waals surface area contributed by atoms with E-state index in [-0.39, 0.29) is 15.5 Å². The average Bonchev–Trinajstić information content (AvgIpc) is 2.15. The third-order valence-corrected chi connectivity index (χ3v) is 5.15. The summed E-state index contributed by atoms with van der Waals surface area (Å²) in [7, 11) is -4.51. The molecule has 2 N–H and O–H groups in total. The molecule has 0 saturated carbocycles. The van der Waals surface area contributed by atoms with E-state index in [9.17, 15) is 16.8 Å². The van der Waals surface area contributed by atoms with Gasteiger partial charge in [-0.2, -0.15) is 0 Å². The molecule has 0 spiro atoms. The summed E-state index contributed by atoms with van der Waals surface area (Å²) in [5.41, 5.74) is 5.58. The summed E-state index contributed by atoms with van der Waals surface area (Å²) in [6.45, 7) is 0. The number of rotatable bonds is 3. The van der Waals surface area contributed by atoms with Gasteiger partial charge in [0.1, 0.15) is 4.90 Å². The van der Waals surface area contributed by atoms with Gasteiger partial charge in [-0.1, -0.05) is 0 Å². The van der Waals surface area contributed by atoms with Crippen molar-refractivity contribution in [1.29, 1.82) is 0 Å². The summed E-state index contributed by atoms with van der Waals surface area (Å²) < 4.78 is 47.4. The van der Waals surface area contributed by atoms with E-state index in [1.165, 1.54) is 26.2 Å². The summed E-state index contributed by atoms with van der Waals surface area (Å²) >= 11 is 0. The zero-order valence-electron chi connectivity index (χ0n) is 9.71.